The molecule has 2 N–H and O–H groups in total. The van der Waals surface area contributed by atoms with Gasteiger partial charge in [0.15, 0.2) is 0 Å². The minimum Gasteiger partial charge on any atom is -0.440 e. The number of carbonyl (C=O) groups is 3. The summed E-state index contributed by atoms with van der Waals surface area (Å²) in [5.74, 6) is 0.452. The first kappa shape index (κ1) is 21.0. The van der Waals surface area contributed by atoms with E-state index in [0.29, 0.717) is 42.3 Å². The molecule has 0 radical (unpaired) electrons. The Morgan fingerprint density at radius 1 is 1.26 bits per heavy atom. The quantitative estimate of drug-likeness (QED) is 0.568. The zero-order chi connectivity index (χ0) is 22.0. The Kier molecular flexibility index (Phi) is 5.73. The largest absolute Gasteiger partial charge is 0.440 e. The van der Waals surface area contributed by atoms with Crippen molar-refractivity contribution in [1.82, 2.24) is 10.3 Å². The Morgan fingerprint density at radius 3 is 2.68 bits per heavy atom. The maximum Gasteiger partial charge on any atom is 0.237 e. The highest BCUT2D eigenvalue weighted by Crippen LogP contribution is 2.36. The molecule has 160 valence electrons. The molecule has 3 heterocycles. The molecule has 1 saturated heterocycles. The van der Waals surface area contributed by atoms with Crippen molar-refractivity contribution in [1.29, 1.82) is 0 Å². The molecule has 3 aromatic rings. The highest BCUT2D eigenvalue weighted by Gasteiger charge is 2.42. The lowest BCUT2D eigenvalue weighted by Gasteiger charge is -2.35. The van der Waals surface area contributed by atoms with Gasteiger partial charge >= 0.3 is 0 Å². The number of imide groups is 1. The topological polar surface area (TPSA) is 101 Å². The molecule has 2 aromatic heterocycles. The summed E-state index contributed by atoms with van der Waals surface area (Å²) in [6.45, 7) is 3.74. The number of thiophene rings is 1. The fraction of sp³-hybridized carbons (Fsp3) is 0.304. The van der Waals surface area contributed by atoms with Crippen molar-refractivity contribution in [2.75, 3.05) is 5.32 Å². The number of benzene rings is 1. The summed E-state index contributed by atoms with van der Waals surface area (Å²) in [5.41, 5.74) is 1.36. The average molecular weight is 438 g/mol. The van der Waals surface area contributed by atoms with Crippen LogP contribution in [-0.2, 0) is 26.2 Å². The molecular formula is C23H23N3O4S. The number of hydrogen-bond donors (Lipinski definition) is 2. The van der Waals surface area contributed by atoms with Gasteiger partial charge in [0.2, 0.25) is 23.6 Å². The summed E-state index contributed by atoms with van der Waals surface area (Å²) in [4.78, 5) is 42.0. The van der Waals surface area contributed by atoms with Crippen LogP contribution in [0.2, 0.25) is 0 Å². The molecule has 4 rings (SSSR count). The number of aryl methyl sites for hydroxylation is 1. The number of hydrogen-bond acceptors (Lipinski definition) is 6. The zero-order valence-electron chi connectivity index (χ0n) is 17.4. The molecule has 1 aromatic carbocycles. The van der Waals surface area contributed by atoms with Crippen molar-refractivity contribution in [2.45, 2.75) is 44.9 Å². The standard InChI is InChI=1S/C23H23N3O4S/c1-3-23(11-10-19(27)26-22(23)29)15-6-8-16(9-7-15)24-20(28)13-17-14(2)30-21(25-17)18-5-4-12-31-18/h4-9,12H,3,10-11,13H2,1-2H3,(H,24,28)(H,26,27,29). The number of anilines is 1. The van der Waals surface area contributed by atoms with Crippen molar-refractivity contribution >= 4 is 34.7 Å². The highest BCUT2D eigenvalue weighted by molar-refractivity contribution is 7.13. The van der Waals surface area contributed by atoms with E-state index >= 15 is 0 Å². The first-order chi connectivity index (χ1) is 14.9. The van der Waals surface area contributed by atoms with Gasteiger partial charge in [-0.25, -0.2) is 4.98 Å². The summed E-state index contributed by atoms with van der Waals surface area (Å²) >= 11 is 1.53. The summed E-state index contributed by atoms with van der Waals surface area (Å²) in [6.07, 6.45) is 1.50. The van der Waals surface area contributed by atoms with Gasteiger partial charge in [0.05, 0.1) is 22.4 Å². The Bertz CT molecular complexity index is 1120. The molecule has 1 fully saturated rings. The molecule has 1 atom stereocenters. The van der Waals surface area contributed by atoms with E-state index in [1.165, 1.54) is 11.3 Å². The monoisotopic (exact) mass is 437 g/mol. The lowest BCUT2D eigenvalue weighted by Crippen LogP contribution is -2.51. The van der Waals surface area contributed by atoms with Gasteiger partial charge in [-0.2, -0.15) is 0 Å². The maximum absolute atomic E-state index is 12.5. The van der Waals surface area contributed by atoms with Crippen molar-refractivity contribution in [3.63, 3.8) is 0 Å². The van der Waals surface area contributed by atoms with E-state index in [1.807, 2.05) is 36.6 Å². The van der Waals surface area contributed by atoms with Gasteiger partial charge in [0.25, 0.3) is 0 Å². The van der Waals surface area contributed by atoms with Crippen LogP contribution in [0.4, 0.5) is 5.69 Å². The van der Waals surface area contributed by atoms with Crippen LogP contribution in [0.1, 0.15) is 43.2 Å². The summed E-state index contributed by atoms with van der Waals surface area (Å²) in [7, 11) is 0. The van der Waals surface area contributed by atoms with Crippen LogP contribution in [0.15, 0.2) is 46.2 Å². The van der Waals surface area contributed by atoms with E-state index < -0.39 is 5.41 Å². The molecule has 0 aliphatic carbocycles. The molecular weight excluding hydrogens is 414 g/mol. The van der Waals surface area contributed by atoms with Gasteiger partial charge in [0.1, 0.15) is 5.76 Å². The molecule has 1 aliphatic heterocycles. The molecule has 1 aliphatic rings. The lowest BCUT2D eigenvalue weighted by molar-refractivity contribution is -0.138. The molecule has 31 heavy (non-hydrogen) atoms. The van der Waals surface area contributed by atoms with E-state index in [4.69, 9.17) is 4.42 Å². The Hall–Kier alpha value is -3.26. The van der Waals surface area contributed by atoms with Crippen molar-refractivity contribution < 1.29 is 18.8 Å². The zero-order valence-corrected chi connectivity index (χ0v) is 18.2. The van der Waals surface area contributed by atoms with E-state index in [-0.39, 0.29) is 24.1 Å². The second-order valence-corrected chi connectivity index (χ2v) is 8.56. The second kappa shape index (κ2) is 8.47. The lowest BCUT2D eigenvalue weighted by atomic mass is 9.72. The highest BCUT2D eigenvalue weighted by atomic mass is 32.1. The summed E-state index contributed by atoms with van der Waals surface area (Å²) < 4.78 is 5.69. The third kappa shape index (κ3) is 4.16. The van der Waals surface area contributed by atoms with Gasteiger partial charge in [-0.05, 0) is 48.9 Å². The smallest absolute Gasteiger partial charge is 0.237 e. The van der Waals surface area contributed by atoms with Crippen LogP contribution in [0.3, 0.4) is 0 Å². The van der Waals surface area contributed by atoms with Gasteiger partial charge in [0, 0.05) is 12.1 Å². The first-order valence-electron chi connectivity index (χ1n) is 10.2. The molecule has 0 bridgehead atoms. The van der Waals surface area contributed by atoms with Gasteiger partial charge in [-0.3, -0.25) is 19.7 Å². The average Bonchev–Trinajstić information content (AvgIpc) is 3.40. The predicted molar refractivity (Wildman–Crippen MR) is 118 cm³/mol. The van der Waals surface area contributed by atoms with Crippen LogP contribution in [0.25, 0.3) is 10.8 Å². The molecule has 0 spiro atoms. The SMILES string of the molecule is CCC1(c2ccc(NC(=O)Cc3nc(-c4cccs4)oc3C)cc2)CCC(=O)NC1=O. The van der Waals surface area contributed by atoms with Crippen LogP contribution < -0.4 is 10.6 Å². The van der Waals surface area contributed by atoms with Crippen molar-refractivity contribution in [2.24, 2.45) is 0 Å². The Labute approximate surface area is 183 Å². The minimum atomic E-state index is -0.716. The van der Waals surface area contributed by atoms with E-state index in [1.54, 1.807) is 19.1 Å². The molecule has 3 amide bonds. The number of aromatic nitrogens is 1. The van der Waals surface area contributed by atoms with E-state index in [2.05, 4.69) is 15.6 Å². The number of oxazole rings is 1. The van der Waals surface area contributed by atoms with E-state index in [0.717, 1.165) is 10.4 Å². The Morgan fingerprint density at radius 2 is 2.03 bits per heavy atom. The maximum atomic E-state index is 12.5. The van der Waals surface area contributed by atoms with Crippen molar-refractivity contribution in [3.05, 3.63) is 58.8 Å². The van der Waals surface area contributed by atoms with Crippen LogP contribution in [-0.4, -0.2) is 22.7 Å². The molecule has 7 nitrogen and oxygen atoms in total. The number of nitrogens with one attached hydrogen (secondary N) is 2. The number of carbonyl (C=O) groups excluding carboxylic acids is 3. The number of nitrogens with zero attached hydrogens (tertiary/aromatic N) is 1. The van der Waals surface area contributed by atoms with Crippen LogP contribution >= 0.6 is 11.3 Å². The third-order valence-electron chi connectivity index (χ3n) is 5.74. The molecule has 1 unspecified atom stereocenters. The predicted octanol–water partition coefficient (Wildman–Crippen LogP) is 3.98. The van der Waals surface area contributed by atoms with Gasteiger partial charge in [-0.15, -0.1) is 11.3 Å². The van der Waals surface area contributed by atoms with E-state index in [9.17, 15) is 14.4 Å². The Balaban J connectivity index is 1.44. The molecule has 8 heteroatoms. The van der Waals surface area contributed by atoms with Crippen LogP contribution in [0, 0.1) is 6.92 Å². The van der Waals surface area contributed by atoms with Gasteiger partial charge in [-0.1, -0.05) is 25.1 Å². The minimum absolute atomic E-state index is 0.103. The molecule has 0 saturated carbocycles. The number of piperidine rings is 1. The summed E-state index contributed by atoms with van der Waals surface area (Å²) in [5, 5.41) is 7.26. The third-order valence-corrected chi connectivity index (χ3v) is 6.60. The number of amides is 3. The normalized spacial score (nSPS) is 18.6. The fourth-order valence-electron chi connectivity index (χ4n) is 3.89. The second-order valence-electron chi connectivity index (χ2n) is 7.61. The van der Waals surface area contributed by atoms with Gasteiger partial charge < -0.3 is 9.73 Å². The van der Waals surface area contributed by atoms with Crippen molar-refractivity contribution in [3.8, 4) is 10.8 Å². The fourth-order valence-corrected chi connectivity index (χ4v) is 4.54. The summed E-state index contributed by atoms with van der Waals surface area (Å²) in [6, 6.07) is 11.1. The van der Waals surface area contributed by atoms with Crippen LogP contribution in [0.5, 0.6) is 0 Å². The number of rotatable bonds is 6. The first-order valence-corrected chi connectivity index (χ1v) is 11.0.